The summed E-state index contributed by atoms with van der Waals surface area (Å²) in [6.45, 7) is 2.56. The standard InChI is InChI=1S/C23H32N2O2S/c1-17(27-20-8-5-4-6-9-20)23(26)24-16-18-11-13-19(14-12-18)22(25(2)3)21-10-7-15-28-21/h4-10,15,17-19,22H,11-14,16H2,1-3H3,(H,24,26). The molecule has 1 amide bonds. The van der Waals surface area contributed by atoms with E-state index in [1.807, 2.05) is 48.6 Å². The fraction of sp³-hybridized carbons (Fsp3) is 0.522. The molecule has 2 atom stereocenters. The van der Waals surface area contributed by atoms with E-state index in [0.29, 0.717) is 17.9 Å². The molecule has 1 saturated carbocycles. The Labute approximate surface area is 172 Å². The molecule has 4 nitrogen and oxygen atoms in total. The first kappa shape index (κ1) is 20.9. The molecule has 2 unspecified atom stereocenters. The Kier molecular flexibility index (Phi) is 7.51. The maximum atomic E-state index is 12.4. The summed E-state index contributed by atoms with van der Waals surface area (Å²) in [4.78, 5) is 16.2. The van der Waals surface area contributed by atoms with Crippen molar-refractivity contribution in [1.82, 2.24) is 10.2 Å². The maximum absolute atomic E-state index is 12.4. The minimum atomic E-state index is -0.476. The van der Waals surface area contributed by atoms with E-state index in [0.717, 1.165) is 12.3 Å². The molecular formula is C23H32N2O2S. The van der Waals surface area contributed by atoms with Gasteiger partial charge in [-0.2, -0.15) is 0 Å². The molecular weight excluding hydrogens is 368 g/mol. The van der Waals surface area contributed by atoms with Crippen LogP contribution in [0.25, 0.3) is 0 Å². The van der Waals surface area contributed by atoms with Crippen LogP contribution < -0.4 is 10.1 Å². The smallest absolute Gasteiger partial charge is 0.260 e. The van der Waals surface area contributed by atoms with Crippen molar-refractivity contribution in [2.45, 2.75) is 44.8 Å². The third-order valence-electron chi connectivity index (χ3n) is 5.72. The Morgan fingerprint density at radius 1 is 1.14 bits per heavy atom. The van der Waals surface area contributed by atoms with E-state index < -0.39 is 6.10 Å². The SMILES string of the molecule is CC(Oc1ccccc1)C(=O)NCC1CCC(C(c2cccs2)N(C)C)CC1. The van der Waals surface area contributed by atoms with E-state index >= 15 is 0 Å². The summed E-state index contributed by atoms with van der Waals surface area (Å²) in [6.07, 6.45) is 4.31. The van der Waals surface area contributed by atoms with Crippen LogP contribution in [0.4, 0.5) is 0 Å². The van der Waals surface area contributed by atoms with Crippen LogP contribution in [0, 0.1) is 11.8 Å². The molecule has 152 valence electrons. The average Bonchev–Trinajstić information content (AvgIpc) is 3.22. The van der Waals surface area contributed by atoms with Crippen molar-refractivity contribution < 1.29 is 9.53 Å². The van der Waals surface area contributed by atoms with Gasteiger partial charge in [-0.3, -0.25) is 4.79 Å². The summed E-state index contributed by atoms with van der Waals surface area (Å²) in [7, 11) is 4.37. The quantitative estimate of drug-likeness (QED) is 0.696. The van der Waals surface area contributed by atoms with Crippen LogP contribution >= 0.6 is 11.3 Å². The van der Waals surface area contributed by atoms with Crippen molar-refractivity contribution in [3.05, 3.63) is 52.7 Å². The normalized spacial score (nSPS) is 21.9. The summed E-state index contributed by atoms with van der Waals surface area (Å²) in [5.41, 5.74) is 0. The first-order valence-corrected chi connectivity index (χ1v) is 11.1. The Balaban J connectivity index is 1.43. The molecule has 0 radical (unpaired) electrons. The van der Waals surface area contributed by atoms with Gasteiger partial charge in [0.15, 0.2) is 6.10 Å². The zero-order valence-electron chi connectivity index (χ0n) is 17.1. The van der Waals surface area contributed by atoms with Gasteiger partial charge >= 0.3 is 0 Å². The Hall–Kier alpha value is -1.85. The lowest BCUT2D eigenvalue weighted by Crippen LogP contribution is -2.40. The van der Waals surface area contributed by atoms with Gasteiger partial charge in [0, 0.05) is 17.5 Å². The number of benzene rings is 1. The summed E-state index contributed by atoms with van der Waals surface area (Å²) < 4.78 is 5.72. The molecule has 3 rings (SSSR count). The van der Waals surface area contributed by atoms with E-state index in [1.165, 1.54) is 30.6 Å². The molecule has 0 bridgehead atoms. The third kappa shape index (κ3) is 5.58. The van der Waals surface area contributed by atoms with Gasteiger partial charge in [-0.25, -0.2) is 0 Å². The van der Waals surface area contributed by atoms with E-state index in [4.69, 9.17) is 4.74 Å². The predicted octanol–water partition coefficient (Wildman–Crippen LogP) is 4.74. The highest BCUT2D eigenvalue weighted by Gasteiger charge is 2.30. The van der Waals surface area contributed by atoms with Crippen LogP contribution in [0.15, 0.2) is 47.8 Å². The molecule has 1 aromatic carbocycles. The van der Waals surface area contributed by atoms with Crippen LogP contribution in [0.5, 0.6) is 5.75 Å². The highest BCUT2D eigenvalue weighted by Crippen LogP contribution is 2.40. The lowest BCUT2D eigenvalue weighted by Gasteiger charge is -2.37. The summed E-state index contributed by atoms with van der Waals surface area (Å²) in [5, 5.41) is 5.27. The number of ether oxygens (including phenoxy) is 1. The second-order valence-corrected chi connectivity index (χ2v) is 9.00. The number of thiophene rings is 1. The Bertz CT molecular complexity index is 709. The molecule has 1 aliphatic carbocycles. The summed E-state index contributed by atoms with van der Waals surface area (Å²) in [6, 6.07) is 14.4. The average molecular weight is 401 g/mol. The number of hydrogen-bond acceptors (Lipinski definition) is 4. The molecule has 28 heavy (non-hydrogen) atoms. The summed E-state index contributed by atoms with van der Waals surface area (Å²) >= 11 is 1.86. The Morgan fingerprint density at radius 3 is 2.46 bits per heavy atom. The first-order valence-electron chi connectivity index (χ1n) is 10.2. The van der Waals surface area contributed by atoms with Gasteiger partial charge in [-0.05, 0) is 82.1 Å². The van der Waals surface area contributed by atoms with Crippen molar-refractivity contribution >= 4 is 17.2 Å². The first-order chi connectivity index (χ1) is 13.5. The lowest BCUT2D eigenvalue weighted by atomic mass is 9.77. The zero-order valence-corrected chi connectivity index (χ0v) is 18.0. The molecule has 1 aliphatic rings. The van der Waals surface area contributed by atoms with Gasteiger partial charge in [0.2, 0.25) is 0 Å². The van der Waals surface area contributed by atoms with Crippen molar-refractivity contribution in [2.24, 2.45) is 11.8 Å². The van der Waals surface area contributed by atoms with Crippen molar-refractivity contribution in [1.29, 1.82) is 0 Å². The van der Waals surface area contributed by atoms with Crippen molar-refractivity contribution in [3.63, 3.8) is 0 Å². The van der Waals surface area contributed by atoms with Crippen LogP contribution in [0.3, 0.4) is 0 Å². The number of rotatable bonds is 8. The fourth-order valence-corrected chi connectivity index (χ4v) is 5.24. The van der Waals surface area contributed by atoms with Gasteiger partial charge in [0.05, 0.1) is 0 Å². The minimum Gasteiger partial charge on any atom is -0.481 e. The molecule has 1 heterocycles. The number of carbonyl (C=O) groups excluding carboxylic acids is 1. The number of para-hydroxylation sites is 1. The highest BCUT2D eigenvalue weighted by molar-refractivity contribution is 7.10. The van der Waals surface area contributed by atoms with Gasteiger partial charge < -0.3 is 15.0 Å². The van der Waals surface area contributed by atoms with Crippen molar-refractivity contribution in [2.75, 3.05) is 20.6 Å². The minimum absolute atomic E-state index is 0.0317. The Morgan fingerprint density at radius 2 is 1.86 bits per heavy atom. The molecule has 1 N–H and O–H groups in total. The van der Waals surface area contributed by atoms with Gasteiger partial charge in [0.1, 0.15) is 5.75 Å². The van der Waals surface area contributed by atoms with E-state index in [9.17, 15) is 4.79 Å². The number of hydrogen-bond donors (Lipinski definition) is 1. The molecule has 5 heteroatoms. The zero-order chi connectivity index (χ0) is 19.9. The predicted molar refractivity (Wildman–Crippen MR) is 116 cm³/mol. The molecule has 1 fully saturated rings. The molecule has 0 saturated heterocycles. The van der Waals surface area contributed by atoms with Gasteiger partial charge in [-0.15, -0.1) is 11.3 Å². The lowest BCUT2D eigenvalue weighted by molar-refractivity contribution is -0.127. The van der Waals surface area contributed by atoms with Crippen LogP contribution in [0.1, 0.15) is 43.5 Å². The van der Waals surface area contributed by atoms with Crippen LogP contribution in [-0.2, 0) is 4.79 Å². The van der Waals surface area contributed by atoms with Crippen LogP contribution in [0.2, 0.25) is 0 Å². The second-order valence-electron chi connectivity index (χ2n) is 8.02. The molecule has 1 aromatic heterocycles. The fourth-order valence-electron chi connectivity index (χ4n) is 4.22. The topological polar surface area (TPSA) is 41.6 Å². The number of nitrogens with zero attached hydrogens (tertiary/aromatic N) is 1. The summed E-state index contributed by atoms with van der Waals surface area (Å²) in [5.74, 6) is 1.96. The van der Waals surface area contributed by atoms with E-state index in [-0.39, 0.29) is 5.91 Å². The van der Waals surface area contributed by atoms with Crippen LogP contribution in [-0.4, -0.2) is 37.6 Å². The third-order valence-corrected chi connectivity index (χ3v) is 6.66. The van der Waals surface area contributed by atoms with Gasteiger partial charge in [0.25, 0.3) is 5.91 Å². The highest BCUT2D eigenvalue weighted by atomic mass is 32.1. The number of nitrogens with one attached hydrogen (secondary N) is 1. The monoisotopic (exact) mass is 400 g/mol. The largest absolute Gasteiger partial charge is 0.481 e. The molecule has 0 aliphatic heterocycles. The number of amides is 1. The van der Waals surface area contributed by atoms with E-state index in [1.54, 1.807) is 0 Å². The molecule has 2 aromatic rings. The second kappa shape index (κ2) is 10.1. The number of carbonyl (C=O) groups is 1. The van der Waals surface area contributed by atoms with E-state index in [2.05, 4.69) is 41.8 Å². The van der Waals surface area contributed by atoms with Gasteiger partial charge in [-0.1, -0.05) is 24.3 Å². The van der Waals surface area contributed by atoms with Crippen molar-refractivity contribution in [3.8, 4) is 5.75 Å². The maximum Gasteiger partial charge on any atom is 0.260 e. The molecule has 0 spiro atoms.